The number of sulfonamides is 2. The minimum Gasteiger partial charge on any atom is -0.248 e. The van der Waals surface area contributed by atoms with E-state index in [-0.39, 0.29) is 23.3 Å². The molecule has 3 aromatic rings. The molecule has 0 fully saturated rings. The highest BCUT2D eigenvalue weighted by Gasteiger charge is 2.33. The maximum Gasteiger partial charge on any atom is 0.264 e. The van der Waals surface area contributed by atoms with Crippen molar-refractivity contribution in [1.82, 2.24) is 9.73 Å². The van der Waals surface area contributed by atoms with Crippen LogP contribution in [0, 0.1) is 5.82 Å². The molecule has 200 valence electrons. The fraction of sp³-hybridized carbons (Fsp3) is 0.200. The zero-order chi connectivity index (χ0) is 27.5. The van der Waals surface area contributed by atoms with Gasteiger partial charge in [-0.1, -0.05) is 54.1 Å². The third-order valence-electron chi connectivity index (χ3n) is 5.67. The molecule has 38 heavy (non-hydrogen) atoms. The van der Waals surface area contributed by atoms with Gasteiger partial charge in [-0.2, -0.15) is 5.10 Å². The van der Waals surface area contributed by atoms with E-state index in [0.717, 1.165) is 5.56 Å². The Bertz CT molecular complexity index is 1560. The number of guanidine groups is 1. The van der Waals surface area contributed by atoms with Crippen LogP contribution in [-0.2, 0) is 20.0 Å². The molecule has 3 N–H and O–H groups in total. The van der Waals surface area contributed by atoms with E-state index < -0.39 is 37.7 Å². The summed E-state index contributed by atoms with van der Waals surface area (Å²) in [7, 11) is -8.05. The van der Waals surface area contributed by atoms with Gasteiger partial charge in [-0.25, -0.2) is 41.1 Å². The number of hydrazone groups is 1. The lowest BCUT2D eigenvalue weighted by molar-refractivity contribution is 0.458. The minimum atomic E-state index is -4.15. The predicted octanol–water partition coefficient (Wildman–Crippen LogP) is 3.29. The second kappa shape index (κ2) is 11.2. The smallest absolute Gasteiger partial charge is 0.248 e. The molecule has 1 heterocycles. The van der Waals surface area contributed by atoms with Crippen LogP contribution in [0.5, 0.6) is 0 Å². The Labute approximate surface area is 225 Å². The Morgan fingerprint density at radius 2 is 1.71 bits per heavy atom. The maximum absolute atomic E-state index is 13.6. The zero-order valence-electron chi connectivity index (χ0n) is 20.2. The molecular weight excluding hydrogens is 553 g/mol. The van der Waals surface area contributed by atoms with Crippen molar-refractivity contribution < 1.29 is 21.2 Å². The van der Waals surface area contributed by atoms with Crippen LogP contribution in [0.1, 0.15) is 24.0 Å². The molecule has 1 aliphatic heterocycles. The van der Waals surface area contributed by atoms with Crippen LogP contribution in [0.3, 0.4) is 0 Å². The molecule has 0 saturated carbocycles. The number of rotatable bonds is 7. The molecule has 0 unspecified atom stereocenters. The number of hydrogen-bond acceptors (Lipinski definition) is 6. The molecule has 3 aromatic carbocycles. The lowest BCUT2D eigenvalue weighted by Gasteiger charge is -2.21. The molecule has 13 heteroatoms. The summed E-state index contributed by atoms with van der Waals surface area (Å²) in [4.78, 5) is 4.27. The van der Waals surface area contributed by atoms with Gasteiger partial charge in [0.25, 0.3) is 10.0 Å². The Morgan fingerprint density at radius 1 is 1.08 bits per heavy atom. The van der Waals surface area contributed by atoms with E-state index in [9.17, 15) is 21.2 Å². The second-order valence-corrected chi connectivity index (χ2v) is 12.5. The van der Waals surface area contributed by atoms with Crippen molar-refractivity contribution in [2.45, 2.75) is 23.8 Å². The summed E-state index contributed by atoms with van der Waals surface area (Å²) in [5.74, 6) is -1.42. The van der Waals surface area contributed by atoms with Crippen LogP contribution in [-0.4, -0.2) is 51.9 Å². The van der Waals surface area contributed by atoms with Crippen LogP contribution in [0.4, 0.5) is 4.39 Å². The Balaban J connectivity index is 1.77. The predicted molar refractivity (Wildman–Crippen MR) is 145 cm³/mol. The van der Waals surface area contributed by atoms with Crippen LogP contribution >= 0.6 is 11.6 Å². The number of halogens is 2. The number of aliphatic imine (C=N–C) groups is 1. The lowest BCUT2D eigenvalue weighted by atomic mass is 9.91. The first-order valence-corrected chi connectivity index (χ1v) is 15.0. The Hall–Kier alpha value is -3.32. The normalized spacial score (nSPS) is 17.3. The average molecular weight is 578 g/mol. The molecule has 2 atom stereocenters. The van der Waals surface area contributed by atoms with Crippen molar-refractivity contribution in [2.24, 2.45) is 15.2 Å². The molecule has 0 aromatic heterocycles. The second-order valence-electron chi connectivity index (χ2n) is 8.73. The monoisotopic (exact) mass is 577 g/mol. The summed E-state index contributed by atoms with van der Waals surface area (Å²) in [6.45, 7) is 1.68. The number of hydrogen-bond donors (Lipinski definition) is 2. The fourth-order valence-electron chi connectivity index (χ4n) is 3.98. The van der Waals surface area contributed by atoms with E-state index >= 15 is 0 Å². The summed E-state index contributed by atoms with van der Waals surface area (Å²) in [5.41, 5.74) is 2.10. The number of nitrogens with two attached hydrogens (primary N) is 1. The Kier molecular flexibility index (Phi) is 8.16. The Morgan fingerprint density at radius 3 is 2.32 bits per heavy atom. The van der Waals surface area contributed by atoms with Crippen LogP contribution in [0.15, 0.2) is 93.9 Å². The maximum atomic E-state index is 13.6. The number of nitrogens with one attached hydrogen (secondary N) is 1. The first kappa shape index (κ1) is 27.7. The van der Waals surface area contributed by atoms with Crippen molar-refractivity contribution in [2.75, 3.05) is 12.3 Å². The average Bonchev–Trinajstić information content (AvgIpc) is 3.29. The molecular formula is C25H25ClFN5O4S2. The van der Waals surface area contributed by atoms with Crippen molar-refractivity contribution in [1.29, 1.82) is 0 Å². The van der Waals surface area contributed by atoms with Crippen molar-refractivity contribution in [3.8, 4) is 0 Å². The third kappa shape index (κ3) is 6.95. The summed E-state index contributed by atoms with van der Waals surface area (Å²) in [5, 5.41) is 11.6. The van der Waals surface area contributed by atoms with Gasteiger partial charge in [0.15, 0.2) is 0 Å². The summed E-state index contributed by atoms with van der Waals surface area (Å²) < 4.78 is 65.9. The van der Waals surface area contributed by atoms with Gasteiger partial charge in [-0.05, 0) is 54.4 Å². The van der Waals surface area contributed by atoms with E-state index in [2.05, 4.69) is 14.8 Å². The highest BCUT2D eigenvalue weighted by molar-refractivity contribution is 7.90. The minimum absolute atomic E-state index is 0.0738. The molecule has 0 bridgehead atoms. The van der Waals surface area contributed by atoms with E-state index in [4.69, 9.17) is 16.7 Å². The topological polar surface area (TPSA) is 134 Å². The van der Waals surface area contributed by atoms with E-state index in [0.29, 0.717) is 16.3 Å². The molecule has 9 nitrogen and oxygen atoms in total. The highest BCUT2D eigenvalue weighted by atomic mass is 35.5. The van der Waals surface area contributed by atoms with Crippen molar-refractivity contribution in [3.05, 3.63) is 101 Å². The van der Waals surface area contributed by atoms with E-state index in [1.54, 1.807) is 12.1 Å². The first-order chi connectivity index (χ1) is 17.9. The fourth-order valence-corrected chi connectivity index (χ4v) is 5.87. The zero-order valence-corrected chi connectivity index (χ0v) is 22.6. The summed E-state index contributed by atoms with van der Waals surface area (Å²) in [6, 6.07) is 19.9. The molecule has 0 amide bonds. The first-order valence-electron chi connectivity index (χ1n) is 11.4. The molecule has 0 spiro atoms. The van der Waals surface area contributed by atoms with Gasteiger partial charge in [0, 0.05) is 10.9 Å². The number of benzene rings is 3. The van der Waals surface area contributed by atoms with Crippen LogP contribution in [0.2, 0.25) is 5.02 Å². The van der Waals surface area contributed by atoms with Gasteiger partial charge in [-0.3, -0.25) is 0 Å². The molecule has 4 rings (SSSR count). The number of primary sulfonamides is 1. The molecule has 1 aliphatic rings. The van der Waals surface area contributed by atoms with Crippen LogP contribution in [0.25, 0.3) is 0 Å². The highest BCUT2D eigenvalue weighted by Crippen LogP contribution is 2.29. The van der Waals surface area contributed by atoms with Crippen molar-refractivity contribution in [3.63, 3.8) is 0 Å². The quantitative estimate of drug-likeness (QED) is 0.328. The summed E-state index contributed by atoms with van der Waals surface area (Å²) >= 11 is 5.90. The standard InChI is InChI=1S/C25H25ClFN5O4S2/c1-17(16-37(28,33)34)29-25(31-38(35,36)22-13-9-20(26)10-14-22)32-15-23(18-5-3-2-4-6-18)24(30-32)19-7-11-21(27)12-8-19/h2-14,17,23H,15-16H2,1H3,(H,29,31)(H2,28,33,34)/t17-,23+/m0/s1. The molecule has 0 aliphatic carbocycles. The molecule has 0 radical (unpaired) electrons. The van der Waals surface area contributed by atoms with Gasteiger partial charge in [-0.15, -0.1) is 0 Å². The van der Waals surface area contributed by atoms with E-state index in [1.807, 2.05) is 30.3 Å². The van der Waals surface area contributed by atoms with Gasteiger partial charge in [0.1, 0.15) is 5.82 Å². The number of nitrogens with zero attached hydrogens (tertiary/aromatic N) is 3. The lowest BCUT2D eigenvalue weighted by Crippen LogP contribution is -2.42. The van der Waals surface area contributed by atoms with Gasteiger partial charge < -0.3 is 0 Å². The summed E-state index contributed by atoms with van der Waals surface area (Å²) in [6.07, 6.45) is 0. The largest absolute Gasteiger partial charge is 0.264 e. The van der Waals surface area contributed by atoms with Gasteiger partial charge >= 0.3 is 0 Å². The van der Waals surface area contributed by atoms with Gasteiger partial charge in [0.2, 0.25) is 16.0 Å². The molecule has 0 saturated heterocycles. The van der Waals surface area contributed by atoms with Crippen molar-refractivity contribution >= 4 is 43.3 Å². The van der Waals surface area contributed by atoms with E-state index in [1.165, 1.54) is 48.3 Å². The van der Waals surface area contributed by atoms with Gasteiger partial charge in [0.05, 0.1) is 28.9 Å². The van der Waals surface area contributed by atoms with Crippen LogP contribution < -0.4 is 9.86 Å². The SMILES string of the molecule is C[C@@H](CS(N)(=O)=O)N=C(NS(=O)(=O)c1ccc(Cl)cc1)N1C[C@H](c2ccccc2)C(c2ccc(F)cc2)=N1. The third-order valence-corrected chi connectivity index (χ3v) is 8.21.